The third-order valence-corrected chi connectivity index (χ3v) is 4.99. The van der Waals surface area contributed by atoms with Crippen LogP contribution in [0, 0.1) is 0 Å². The molecule has 0 unspecified atom stereocenters. The molecule has 0 amide bonds. The van der Waals surface area contributed by atoms with Gasteiger partial charge >= 0.3 is 0 Å². The molecule has 23 heavy (non-hydrogen) atoms. The van der Waals surface area contributed by atoms with Gasteiger partial charge in [0.1, 0.15) is 5.52 Å². The number of aryl methyl sites for hydroxylation is 1. The lowest BCUT2D eigenvalue weighted by Gasteiger charge is -2.07. The zero-order valence-electron chi connectivity index (χ0n) is 12.6. The van der Waals surface area contributed by atoms with Crippen molar-refractivity contribution in [3.05, 3.63) is 67.7 Å². The molecule has 2 rings (SSSR count). The van der Waals surface area contributed by atoms with Crippen LogP contribution in [0.4, 0.5) is 0 Å². The van der Waals surface area contributed by atoms with E-state index < -0.39 is 0 Å². The summed E-state index contributed by atoms with van der Waals surface area (Å²) in [5.41, 5.74) is 1.57. The maximum Gasteiger partial charge on any atom is 0.156 e. The summed E-state index contributed by atoms with van der Waals surface area (Å²) in [4.78, 5) is 4.58. The number of halogens is 3. The average Bonchev–Trinajstić information content (AvgIpc) is 2.52. The monoisotopic (exact) mass is 499 g/mol. The first-order valence-electron chi connectivity index (χ1n) is 7.14. The fraction of sp³-hybridized carbons (Fsp3) is 0.167. The SMILES string of the molecule is C\C=C/C(Br)=C\C=C\CCc1ccc2c(Br)cc(Br)c(O)c2n1. The largest absolute Gasteiger partial charge is 0.505 e. The van der Waals surface area contributed by atoms with Gasteiger partial charge in [0.2, 0.25) is 0 Å². The van der Waals surface area contributed by atoms with Crippen molar-refractivity contribution in [3.8, 4) is 5.75 Å². The van der Waals surface area contributed by atoms with Crippen molar-refractivity contribution in [2.45, 2.75) is 19.8 Å². The minimum atomic E-state index is 0.179. The second-order valence-corrected chi connectivity index (χ2v) is 7.53. The summed E-state index contributed by atoms with van der Waals surface area (Å²) in [6.45, 7) is 1.98. The van der Waals surface area contributed by atoms with Crippen LogP contribution in [0.25, 0.3) is 10.9 Å². The summed E-state index contributed by atoms with van der Waals surface area (Å²) in [5, 5.41) is 11.1. The molecule has 0 aliphatic heterocycles. The number of allylic oxidation sites excluding steroid dienone is 6. The van der Waals surface area contributed by atoms with Crippen molar-refractivity contribution in [2.24, 2.45) is 0 Å². The summed E-state index contributed by atoms with van der Waals surface area (Å²) in [6.07, 6.45) is 11.8. The summed E-state index contributed by atoms with van der Waals surface area (Å²) in [5.74, 6) is 0.179. The van der Waals surface area contributed by atoms with E-state index >= 15 is 0 Å². The second-order valence-electron chi connectivity index (χ2n) is 4.91. The quantitative estimate of drug-likeness (QED) is 0.456. The smallest absolute Gasteiger partial charge is 0.156 e. The topological polar surface area (TPSA) is 33.1 Å². The van der Waals surface area contributed by atoms with Gasteiger partial charge in [0.25, 0.3) is 0 Å². The Morgan fingerprint density at radius 2 is 2.04 bits per heavy atom. The highest BCUT2D eigenvalue weighted by atomic mass is 79.9. The van der Waals surface area contributed by atoms with Gasteiger partial charge in [-0.05, 0) is 60.0 Å². The number of benzene rings is 1. The third kappa shape index (κ3) is 5.03. The number of phenols is 1. The van der Waals surface area contributed by atoms with Gasteiger partial charge in [-0.15, -0.1) is 0 Å². The Morgan fingerprint density at radius 3 is 2.78 bits per heavy atom. The molecular formula is C18H16Br3NO. The molecule has 2 nitrogen and oxygen atoms in total. The molecule has 120 valence electrons. The number of nitrogens with zero attached hydrogens (tertiary/aromatic N) is 1. The average molecular weight is 502 g/mol. The van der Waals surface area contributed by atoms with Gasteiger partial charge in [-0.2, -0.15) is 0 Å². The third-order valence-electron chi connectivity index (χ3n) is 3.20. The summed E-state index contributed by atoms with van der Waals surface area (Å²) in [7, 11) is 0. The summed E-state index contributed by atoms with van der Waals surface area (Å²) in [6, 6.07) is 5.82. The van der Waals surface area contributed by atoms with E-state index in [9.17, 15) is 5.11 Å². The van der Waals surface area contributed by atoms with Crippen LogP contribution in [-0.4, -0.2) is 10.1 Å². The zero-order valence-corrected chi connectivity index (χ0v) is 17.3. The van der Waals surface area contributed by atoms with Crippen LogP contribution in [0.5, 0.6) is 5.75 Å². The molecule has 0 aliphatic rings. The fourth-order valence-corrected chi connectivity index (χ4v) is 3.77. The minimum absolute atomic E-state index is 0.179. The number of aromatic hydroxyl groups is 1. The first-order valence-corrected chi connectivity index (χ1v) is 9.52. The van der Waals surface area contributed by atoms with Crippen LogP contribution in [-0.2, 0) is 6.42 Å². The van der Waals surface area contributed by atoms with E-state index in [0.717, 1.165) is 32.9 Å². The van der Waals surface area contributed by atoms with Crippen molar-refractivity contribution in [3.63, 3.8) is 0 Å². The molecule has 0 saturated heterocycles. The number of hydrogen-bond donors (Lipinski definition) is 1. The Balaban J connectivity index is 2.11. The summed E-state index contributed by atoms with van der Waals surface area (Å²) >= 11 is 10.3. The molecule has 0 atom stereocenters. The van der Waals surface area contributed by atoms with Crippen molar-refractivity contribution in [1.29, 1.82) is 0 Å². The van der Waals surface area contributed by atoms with Crippen LogP contribution in [0.1, 0.15) is 19.0 Å². The molecule has 2 aromatic rings. The lowest BCUT2D eigenvalue weighted by atomic mass is 10.1. The Morgan fingerprint density at radius 1 is 1.26 bits per heavy atom. The highest BCUT2D eigenvalue weighted by Gasteiger charge is 2.10. The number of rotatable bonds is 5. The Labute approximate surface area is 161 Å². The van der Waals surface area contributed by atoms with Crippen LogP contribution in [0.3, 0.4) is 0 Å². The van der Waals surface area contributed by atoms with E-state index in [1.807, 2.05) is 49.4 Å². The molecule has 0 radical (unpaired) electrons. The van der Waals surface area contributed by atoms with Gasteiger partial charge in [-0.1, -0.05) is 56.2 Å². The Hall–Kier alpha value is -0.910. The molecule has 0 saturated carbocycles. The number of aromatic nitrogens is 1. The van der Waals surface area contributed by atoms with Crippen LogP contribution in [0.15, 0.2) is 62.0 Å². The van der Waals surface area contributed by atoms with Crippen molar-refractivity contribution >= 4 is 58.7 Å². The lowest BCUT2D eigenvalue weighted by Crippen LogP contribution is -1.91. The molecule has 1 N–H and O–H groups in total. The number of fused-ring (bicyclic) bond motifs is 1. The maximum absolute atomic E-state index is 10.2. The molecule has 1 aromatic carbocycles. The normalized spacial score (nSPS) is 12.8. The van der Waals surface area contributed by atoms with Gasteiger partial charge in [0.15, 0.2) is 5.75 Å². The molecule has 0 fully saturated rings. The molecule has 1 aromatic heterocycles. The predicted molar refractivity (Wildman–Crippen MR) is 108 cm³/mol. The van der Waals surface area contributed by atoms with Gasteiger partial charge in [-0.25, -0.2) is 4.98 Å². The molecule has 5 heteroatoms. The van der Waals surface area contributed by atoms with E-state index in [1.165, 1.54) is 0 Å². The van der Waals surface area contributed by atoms with Gasteiger partial charge in [0, 0.05) is 20.0 Å². The predicted octanol–water partition coefficient (Wildman–Crippen LogP) is 6.81. The van der Waals surface area contributed by atoms with E-state index in [4.69, 9.17) is 0 Å². The standard InChI is InChI=1S/C18H16Br3NO/c1-2-6-12(19)7-4-3-5-8-13-9-10-14-15(20)11-16(21)18(23)17(14)22-13/h2-4,6-7,9-11,23H,5,8H2,1H3/b4-3+,6-2-,12-7+. The van der Waals surface area contributed by atoms with Crippen LogP contribution in [0.2, 0.25) is 0 Å². The zero-order chi connectivity index (χ0) is 16.8. The molecule has 0 aliphatic carbocycles. The first-order chi connectivity index (χ1) is 11.0. The van der Waals surface area contributed by atoms with E-state index in [-0.39, 0.29) is 5.75 Å². The Kier molecular flexibility index (Phi) is 7.06. The highest BCUT2D eigenvalue weighted by molar-refractivity contribution is 9.12. The van der Waals surface area contributed by atoms with E-state index in [2.05, 4.69) is 58.8 Å². The molecule has 1 heterocycles. The van der Waals surface area contributed by atoms with Crippen molar-refractivity contribution in [2.75, 3.05) is 0 Å². The van der Waals surface area contributed by atoms with Crippen LogP contribution >= 0.6 is 47.8 Å². The van der Waals surface area contributed by atoms with Crippen molar-refractivity contribution < 1.29 is 5.11 Å². The first kappa shape index (κ1) is 18.4. The van der Waals surface area contributed by atoms with Gasteiger partial charge < -0.3 is 5.11 Å². The van der Waals surface area contributed by atoms with Gasteiger partial charge in [-0.3, -0.25) is 0 Å². The van der Waals surface area contributed by atoms with E-state index in [0.29, 0.717) is 9.99 Å². The summed E-state index contributed by atoms with van der Waals surface area (Å²) < 4.78 is 2.59. The van der Waals surface area contributed by atoms with Gasteiger partial charge in [0.05, 0.1) is 4.47 Å². The Bertz CT molecular complexity index is 794. The molecular weight excluding hydrogens is 486 g/mol. The fourth-order valence-electron chi connectivity index (χ4n) is 2.08. The highest BCUT2D eigenvalue weighted by Crippen LogP contribution is 2.36. The van der Waals surface area contributed by atoms with Crippen LogP contribution < -0.4 is 0 Å². The lowest BCUT2D eigenvalue weighted by molar-refractivity contribution is 0.477. The van der Waals surface area contributed by atoms with E-state index in [1.54, 1.807) is 0 Å². The maximum atomic E-state index is 10.2. The molecule has 0 spiro atoms. The van der Waals surface area contributed by atoms with Crippen molar-refractivity contribution in [1.82, 2.24) is 4.98 Å². The minimum Gasteiger partial charge on any atom is -0.505 e. The number of hydrogen-bond acceptors (Lipinski definition) is 2. The number of pyridine rings is 1. The second kappa shape index (κ2) is 8.81. The molecule has 0 bridgehead atoms. The number of phenolic OH excluding ortho intramolecular Hbond substituents is 1.